The first-order valence-corrected chi connectivity index (χ1v) is 7.51. The van der Waals surface area contributed by atoms with Gasteiger partial charge in [-0.05, 0) is 61.2 Å². The van der Waals surface area contributed by atoms with Crippen LogP contribution in [0.15, 0.2) is 36.4 Å². The number of hydrogen-bond acceptors (Lipinski definition) is 3. The smallest absolute Gasteiger partial charge is 0.256 e. The third-order valence-electron chi connectivity index (χ3n) is 4.02. The van der Waals surface area contributed by atoms with E-state index in [0.717, 1.165) is 53.2 Å². The summed E-state index contributed by atoms with van der Waals surface area (Å²) in [4.78, 5) is 12.6. The largest absolute Gasteiger partial charge is 0.497 e. The van der Waals surface area contributed by atoms with E-state index in [0.29, 0.717) is 0 Å². The lowest BCUT2D eigenvalue weighted by atomic mass is 9.97. The Labute approximate surface area is 130 Å². The van der Waals surface area contributed by atoms with Crippen LogP contribution >= 0.6 is 0 Å². The second-order valence-corrected chi connectivity index (χ2v) is 5.50. The van der Waals surface area contributed by atoms with Crippen molar-refractivity contribution in [1.29, 1.82) is 0 Å². The Hall–Kier alpha value is -2.49. The first-order chi connectivity index (χ1) is 10.7. The number of nitrogens with one attached hydrogen (secondary N) is 2. The summed E-state index contributed by atoms with van der Waals surface area (Å²) in [5, 5.41) is 6.36. The van der Waals surface area contributed by atoms with E-state index >= 15 is 0 Å². The van der Waals surface area contributed by atoms with Crippen molar-refractivity contribution >= 4 is 17.3 Å². The van der Waals surface area contributed by atoms with Gasteiger partial charge in [0.05, 0.1) is 7.11 Å². The SMILES string of the molecule is COc1ccc(NC(=O)c2cccc3c2CCCN3)c(C)c1. The van der Waals surface area contributed by atoms with Gasteiger partial charge in [-0.3, -0.25) is 4.79 Å². The number of anilines is 2. The van der Waals surface area contributed by atoms with Crippen LogP contribution in [-0.4, -0.2) is 19.6 Å². The maximum Gasteiger partial charge on any atom is 0.256 e. The molecule has 0 unspecified atom stereocenters. The third kappa shape index (κ3) is 2.77. The fraction of sp³-hybridized carbons (Fsp3) is 0.278. The molecule has 0 aliphatic carbocycles. The molecule has 114 valence electrons. The van der Waals surface area contributed by atoms with E-state index < -0.39 is 0 Å². The van der Waals surface area contributed by atoms with Gasteiger partial charge in [-0.25, -0.2) is 0 Å². The van der Waals surface area contributed by atoms with Crippen molar-refractivity contribution in [3.05, 3.63) is 53.1 Å². The maximum absolute atomic E-state index is 12.6. The highest BCUT2D eigenvalue weighted by molar-refractivity contribution is 6.06. The third-order valence-corrected chi connectivity index (χ3v) is 4.02. The zero-order chi connectivity index (χ0) is 15.5. The number of benzene rings is 2. The zero-order valence-electron chi connectivity index (χ0n) is 12.9. The molecule has 1 heterocycles. The summed E-state index contributed by atoms with van der Waals surface area (Å²) >= 11 is 0. The Bertz CT molecular complexity index is 710. The molecule has 4 nitrogen and oxygen atoms in total. The lowest BCUT2D eigenvalue weighted by Crippen LogP contribution is -2.19. The Morgan fingerprint density at radius 3 is 2.91 bits per heavy atom. The van der Waals surface area contributed by atoms with Crippen molar-refractivity contribution < 1.29 is 9.53 Å². The minimum absolute atomic E-state index is 0.0613. The average molecular weight is 296 g/mol. The van der Waals surface area contributed by atoms with Gasteiger partial charge in [0.15, 0.2) is 0 Å². The van der Waals surface area contributed by atoms with Crippen molar-refractivity contribution in [1.82, 2.24) is 0 Å². The summed E-state index contributed by atoms with van der Waals surface area (Å²) in [5.74, 6) is 0.727. The number of hydrogen-bond donors (Lipinski definition) is 2. The van der Waals surface area contributed by atoms with E-state index in [1.807, 2.05) is 43.3 Å². The van der Waals surface area contributed by atoms with Crippen LogP contribution in [0.3, 0.4) is 0 Å². The van der Waals surface area contributed by atoms with Gasteiger partial charge in [0, 0.05) is 23.5 Å². The van der Waals surface area contributed by atoms with Gasteiger partial charge in [0.2, 0.25) is 0 Å². The van der Waals surface area contributed by atoms with Gasteiger partial charge in [-0.15, -0.1) is 0 Å². The highest BCUT2D eigenvalue weighted by atomic mass is 16.5. The fourth-order valence-corrected chi connectivity index (χ4v) is 2.82. The standard InChI is InChI=1S/C18H20N2O2/c1-12-11-13(22-2)8-9-16(12)20-18(21)15-5-3-7-17-14(15)6-4-10-19-17/h3,5,7-9,11,19H,4,6,10H2,1-2H3,(H,20,21). The average Bonchev–Trinajstić information content (AvgIpc) is 2.56. The molecule has 3 rings (SSSR count). The van der Waals surface area contributed by atoms with E-state index in [9.17, 15) is 4.79 Å². The first kappa shape index (κ1) is 14.4. The molecule has 0 radical (unpaired) electrons. The molecule has 0 fully saturated rings. The molecule has 0 saturated heterocycles. The lowest BCUT2D eigenvalue weighted by Gasteiger charge is -2.20. The van der Waals surface area contributed by atoms with E-state index in [1.165, 1.54) is 0 Å². The van der Waals surface area contributed by atoms with Crippen LogP contribution in [0.25, 0.3) is 0 Å². The first-order valence-electron chi connectivity index (χ1n) is 7.51. The Morgan fingerprint density at radius 2 is 2.14 bits per heavy atom. The Kier molecular flexibility index (Phi) is 4.00. The number of aryl methyl sites for hydroxylation is 1. The number of fused-ring (bicyclic) bond motifs is 1. The quantitative estimate of drug-likeness (QED) is 0.909. The van der Waals surface area contributed by atoms with Gasteiger partial charge in [-0.1, -0.05) is 6.07 Å². The summed E-state index contributed by atoms with van der Waals surface area (Å²) in [6.45, 7) is 2.93. The van der Waals surface area contributed by atoms with Crippen LogP contribution < -0.4 is 15.4 Å². The maximum atomic E-state index is 12.6. The molecule has 0 saturated carbocycles. The molecular formula is C18H20N2O2. The molecule has 0 bridgehead atoms. The van der Waals surface area contributed by atoms with Crippen LogP contribution in [0.5, 0.6) is 5.75 Å². The summed E-state index contributed by atoms with van der Waals surface area (Å²) < 4.78 is 5.19. The van der Waals surface area contributed by atoms with Crippen molar-refractivity contribution in [3.63, 3.8) is 0 Å². The predicted octanol–water partition coefficient (Wildman–Crippen LogP) is 3.61. The van der Waals surface area contributed by atoms with Crippen molar-refractivity contribution in [3.8, 4) is 5.75 Å². The summed E-state index contributed by atoms with van der Waals surface area (Å²) in [6.07, 6.45) is 1.99. The predicted molar refractivity (Wildman–Crippen MR) is 88.9 cm³/mol. The van der Waals surface area contributed by atoms with Gasteiger partial charge >= 0.3 is 0 Å². The molecule has 0 atom stereocenters. The van der Waals surface area contributed by atoms with Crippen molar-refractivity contribution in [2.24, 2.45) is 0 Å². The molecule has 0 aromatic heterocycles. The van der Waals surface area contributed by atoms with Crippen LogP contribution in [0.4, 0.5) is 11.4 Å². The van der Waals surface area contributed by atoms with E-state index in [-0.39, 0.29) is 5.91 Å². The normalized spacial score (nSPS) is 13.0. The summed E-state index contributed by atoms with van der Waals surface area (Å²) in [5.41, 5.74) is 4.73. The number of amides is 1. The monoisotopic (exact) mass is 296 g/mol. The molecule has 2 aromatic carbocycles. The van der Waals surface area contributed by atoms with Crippen LogP contribution in [0.1, 0.15) is 27.9 Å². The number of methoxy groups -OCH3 is 1. The van der Waals surface area contributed by atoms with Crippen LogP contribution in [-0.2, 0) is 6.42 Å². The topological polar surface area (TPSA) is 50.4 Å². The zero-order valence-corrected chi connectivity index (χ0v) is 12.9. The fourth-order valence-electron chi connectivity index (χ4n) is 2.82. The van der Waals surface area contributed by atoms with Gasteiger partial charge < -0.3 is 15.4 Å². The highest BCUT2D eigenvalue weighted by Crippen LogP contribution is 2.27. The van der Waals surface area contributed by atoms with Crippen molar-refractivity contribution in [2.75, 3.05) is 24.3 Å². The second-order valence-electron chi connectivity index (χ2n) is 5.50. The lowest BCUT2D eigenvalue weighted by molar-refractivity contribution is 0.102. The van der Waals surface area contributed by atoms with Crippen LogP contribution in [0.2, 0.25) is 0 Å². The highest BCUT2D eigenvalue weighted by Gasteiger charge is 2.17. The number of carbonyl (C=O) groups is 1. The minimum atomic E-state index is -0.0613. The molecule has 2 N–H and O–H groups in total. The van der Waals surface area contributed by atoms with Crippen LogP contribution in [0, 0.1) is 6.92 Å². The summed E-state index contributed by atoms with van der Waals surface area (Å²) in [6, 6.07) is 11.5. The molecular weight excluding hydrogens is 276 g/mol. The van der Waals surface area contributed by atoms with Gasteiger partial charge in [0.1, 0.15) is 5.75 Å². The second kappa shape index (κ2) is 6.10. The van der Waals surface area contributed by atoms with Gasteiger partial charge in [-0.2, -0.15) is 0 Å². The van der Waals surface area contributed by atoms with E-state index in [2.05, 4.69) is 10.6 Å². The number of rotatable bonds is 3. The van der Waals surface area contributed by atoms with Gasteiger partial charge in [0.25, 0.3) is 5.91 Å². The molecule has 1 aliphatic heterocycles. The summed E-state index contributed by atoms with van der Waals surface area (Å²) in [7, 11) is 1.64. The molecule has 0 spiro atoms. The molecule has 2 aromatic rings. The Morgan fingerprint density at radius 1 is 1.27 bits per heavy atom. The number of ether oxygens (including phenoxy) is 1. The molecule has 22 heavy (non-hydrogen) atoms. The number of carbonyl (C=O) groups excluding carboxylic acids is 1. The van der Waals surface area contributed by atoms with E-state index in [1.54, 1.807) is 7.11 Å². The Balaban J connectivity index is 1.86. The molecule has 1 aliphatic rings. The van der Waals surface area contributed by atoms with E-state index in [4.69, 9.17) is 4.74 Å². The minimum Gasteiger partial charge on any atom is -0.497 e. The van der Waals surface area contributed by atoms with Crippen molar-refractivity contribution in [2.45, 2.75) is 19.8 Å². The molecule has 1 amide bonds. The molecule has 4 heteroatoms.